The van der Waals surface area contributed by atoms with E-state index in [9.17, 15) is 4.79 Å². The number of piperidine rings is 1. The van der Waals surface area contributed by atoms with Crippen molar-refractivity contribution in [2.24, 2.45) is 29.4 Å². The number of amides is 1. The largest absolute Gasteiger partial charge is 0.342 e. The average molecular weight is 287 g/mol. The number of rotatable bonds is 3. The van der Waals surface area contributed by atoms with Crippen LogP contribution in [0.4, 0.5) is 0 Å². The van der Waals surface area contributed by atoms with Crippen LogP contribution in [-0.4, -0.2) is 30.4 Å². The van der Waals surface area contributed by atoms with Crippen molar-refractivity contribution >= 4 is 18.3 Å². The Balaban J connectivity index is 0.00000133. The summed E-state index contributed by atoms with van der Waals surface area (Å²) in [4.78, 5) is 14.5. The first-order valence-corrected chi connectivity index (χ1v) is 7.74. The fraction of sp³-hybridized carbons (Fsp3) is 0.933. The fourth-order valence-electron chi connectivity index (χ4n) is 4.46. The molecule has 1 saturated heterocycles. The molecule has 0 radical (unpaired) electrons. The van der Waals surface area contributed by atoms with Gasteiger partial charge in [0.05, 0.1) is 0 Å². The molecule has 0 aromatic heterocycles. The number of nitrogens with two attached hydrogens (primary N) is 1. The summed E-state index contributed by atoms with van der Waals surface area (Å²) in [6, 6.07) is 0. The number of halogens is 1. The number of hydrogen-bond acceptors (Lipinski definition) is 2. The maximum atomic E-state index is 12.4. The smallest absolute Gasteiger partial charge is 0.222 e. The molecular weight excluding hydrogens is 260 g/mol. The minimum absolute atomic E-state index is 0. The molecule has 110 valence electrons. The van der Waals surface area contributed by atoms with Gasteiger partial charge in [0.2, 0.25) is 5.91 Å². The van der Waals surface area contributed by atoms with Crippen molar-refractivity contribution < 1.29 is 4.79 Å². The van der Waals surface area contributed by atoms with E-state index in [2.05, 4.69) is 4.90 Å². The molecule has 4 heteroatoms. The third-order valence-electron chi connectivity index (χ3n) is 5.53. The summed E-state index contributed by atoms with van der Waals surface area (Å²) in [6.45, 7) is 2.62. The number of likely N-dealkylation sites (tertiary alicyclic amines) is 1. The van der Waals surface area contributed by atoms with E-state index in [1.165, 1.54) is 32.1 Å². The maximum Gasteiger partial charge on any atom is 0.222 e. The van der Waals surface area contributed by atoms with Crippen LogP contribution < -0.4 is 5.73 Å². The van der Waals surface area contributed by atoms with E-state index in [0.29, 0.717) is 17.7 Å². The molecule has 2 bridgehead atoms. The molecule has 2 N–H and O–H groups in total. The third-order valence-corrected chi connectivity index (χ3v) is 5.53. The standard InChI is InChI=1S/C15H26N2O.ClH/c16-9-12-2-1-5-17(10-12)15(18)8-14-7-11-3-4-13(14)6-11;/h11-14H,1-10,16H2;1H. The van der Waals surface area contributed by atoms with E-state index in [1.54, 1.807) is 0 Å². The van der Waals surface area contributed by atoms with Crippen molar-refractivity contribution in [3.63, 3.8) is 0 Å². The highest BCUT2D eigenvalue weighted by molar-refractivity contribution is 5.85. The van der Waals surface area contributed by atoms with Crippen LogP contribution in [0.15, 0.2) is 0 Å². The molecule has 3 aliphatic rings. The van der Waals surface area contributed by atoms with Crippen molar-refractivity contribution in [2.75, 3.05) is 19.6 Å². The maximum absolute atomic E-state index is 12.4. The van der Waals surface area contributed by atoms with Gasteiger partial charge in [0.25, 0.3) is 0 Å². The molecular formula is C15H27ClN2O. The van der Waals surface area contributed by atoms with E-state index in [0.717, 1.165) is 44.3 Å². The molecule has 1 heterocycles. The lowest BCUT2D eigenvalue weighted by Crippen LogP contribution is -2.42. The van der Waals surface area contributed by atoms with E-state index in [4.69, 9.17) is 5.73 Å². The van der Waals surface area contributed by atoms with Crippen LogP contribution in [0.1, 0.15) is 44.9 Å². The Labute approximate surface area is 122 Å². The average Bonchev–Trinajstić information content (AvgIpc) is 3.01. The molecule has 2 aliphatic carbocycles. The quantitative estimate of drug-likeness (QED) is 0.866. The first kappa shape index (κ1) is 15.1. The van der Waals surface area contributed by atoms with Crippen LogP contribution in [0.25, 0.3) is 0 Å². The zero-order valence-corrected chi connectivity index (χ0v) is 12.5. The second-order valence-corrected chi connectivity index (χ2v) is 6.72. The van der Waals surface area contributed by atoms with Crippen LogP contribution in [0.3, 0.4) is 0 Å². The first-order valence-electron chi connectivity index (χ1n) is 7.74. The summed E-state index contributed by atoms with van der Waals surface area (Å²) in [7, 11) is 0. The van der Waals surface area contributed by atoms with Gasteiger partial charge >= 0.3 is 0 Å². The highest BCUT2D eigenvalue weighted by atomic mass is 35.5. The summed E-state index contributed by atoms with van der Waals surface area (Å²) in [5.74, 6) is 3.47. The molecule has 1 aliphatic heterocycles. The van der Waals surface area contributed by atoms with E-state index >= 15 is 0 Å². The Bertz CT molecular complexity index is 323. The Hall–Kier alpha value is -0.280. The molecule has 0 aromatic carbocycles. The van der Waals surface area contributed by atoms with Crippen molar-refractivity contribution in [3.05, 3.63) is 0 Å². The Morgan fingerprint density at radius 2 is 2.05 bits per heavy atom. The lowest BCUT2D eigenvalue weighted by molar-refractivity contribution is -0.134. The van der Waals surface area contributed by atoms with Crippen LogP contribution in [-0.2, 0) is 4.79 Å². The molecule has 3 rings (SSSR count). The number of carbonyl (C=O) groups excluding carboxylic acids is 1. The molecule has 19 heavy (non-hydrogen) atoms. The Morgan fingerprint density at radius 1 is 1.21 bits per heavy atom. The normalized spacial score (nSPS) is 37.2. The monoisotopic (exact) mass is 286 g/mol. The molecule has 3 fully saturated rings. The zero-order valence-electron chi connectivity index (χ0n) is 11.7. The van der Waals surface area contributed by atoms with Gasteiger partial charge in [0.1, 0.15) is 0 Å². The predicted molar refractivity (Wildman–Crippen MR) is 79.2 cm³/mol. The van der Waals surface area contributed by atoms with Gasteiger partial charge in [0.15, 0.2) is 0 Å². The SMILES string of the molecule is Cl.NCC1CCCN(C(=O)CC2CC3CCC2C3)C1. The van der Waals surface area contributed by atoms with Crippen molar-refractivity contribution in [1.82, 2.24) is 4.90 Å². The van der Waals surface area contributed by atoms with Crippen molar-refractivity contribution in [3.8, 4) is 0 Å². The minimum Gasteiger partial charge on any atom is -0.342 e. The number of nitrogens with zero attached hydrogens (tertiary/aromatic N) is 1. The lowest BCUT2D eigenvalue weighted by atomic mass is 9.86. The van der Waals surface area contributed by atoms with Gasteiger partial charge < -0.3 is 10.6 Å². The first-order chi connectivity index (χ1) is 8.76. The highest BCUT2D eigenvalue weighted by Gasteiger charge is 2.40. The van der Waals surface area contributed by atoms with Crippen molar-refractivity contribution in [1.29, 1.82) is 0 Å². The van der Waals surface area contributed by atoms with E-state index in [-0.39, 0.29) is 12.4 Å². The minimum atomic E-state index is 0. The summed E-state index contributed by atoms with van der Waals surface area (Å²) in [5.41, 5.74) is 5.74. The van der Waals surface area contributed by atoms with Gasteiger partial charge in [0, 0.05) is 19.5 Å². The van der Waals surface area contributed by atoms with Crippen LogP contribution in [0.5, 0.6) is 0 Å². The Kier molecular flexibility index (Phi) is 5.13. The predicted octanol–water partition coefficient (Wildman–Crippen LogP) is 2.43. The van der Waals surface area contributed by atoms with Crippen LogP contribution in [0, 0.1) is 23.7 Å². The number of fused-ring (bicyclic) bond motifs is 2. The van der Waals surface area contributed by atoms with Crippen LogP contribution >= 0.6 is 12.4 Å². The summed E-state index contributed by atoms with van der Waals surface area (Å²) >= 11 is 0. The molecule has 0 spiro atoms. The van der Waals surface area contributed by atoms with Gasteiger partial charge in [-0.2, -0.15) is 0 Å². The van der Waals surface area contributed by atoms with Gasteiger partial charge in [-0.3, -0.25) is 4.79 Å². The van der Waals surface area contributed by atoms with E-state index < -0.39 is 0 Å². The molecule has 1 amide bonds. The molecule has 4 unspecified atom stereocenters. The summed E-state index contributed by atoms with van der Waals surface area (Å²) in [6.07, 6.45) is 8.70. The molecule has 2 saturated carbocycles. The number of carbonyl (C=O) groups is 1. The van der Waals surface area contributed by atoms with Crippen LogP contribution in [0.2, 0.25) is 0 Å². The second kappa shape index (κ2) is 6.45. The molecule has 3 nitrogen and oxygen atoms in total. The third kappa shape index (κ3) is 3.25. The van der Waals surface area contributed by atoms with Gasteiger partial charge in [-0.1, -0.05) is 6.42 Å². The van der Waals surface area contributed by atoms with E-state index in [1.807, 2.05) is 0 Å². The van der Waals surface area contributed by atoms with Gasteiger partial charge in [-0.15, -0.1) is 12.4 Å². The lowest BCUT2D eigenvalue weighted by Gasteiger charge is -2.33. The van der Waals surface area contributed by atoms with Gasteiger partial charge in [-0.05, 0) is 62.3 Å². The van der Waals surface area contributed by atoms with Crippen molar-refractivity contribution in [2.45, 2.75) is 44.9 Å². The second-order valence-electron chi connectivity index (χ2n) is 6.72. The molecule has 4 atom stereocenters. The fourth-order valence-corrected chi connectivity index (χ4v) is 4.46. The van der Waals surface area contributed by atoms with Gasteiger partial charge in [-0.25, -0.2) is 0 Å². The zero-order chi connectivity index (χ0) is 12.5. The molecule has 0 aromatic rings. The Morgan fingerprint density at radius 3 is 2.68 bits per heavy atom. The topological polar surface area (TPSA) is 46.3 Å². The summed E-state index contributed by atoms with van der Waals surface area (Å²) < 4.78 is 0. The summed E-state index contributed by atoms with van der Waals surface area (Å²) in [5, 5.41) is 0. The number of hydrogen-bond donors (Lipinski definition) is 1. The highest BCUT2D eigenvalue weighted by Crippen LogP contribution is 2.49.